The Labute approximate surface area is 190 Å². The summed E-state index contributed by atoms with van der Waals surface area (Å²) in [5.74, 6) is 1.36. The lowest BCUT2D eigenvalue weighted by Crippen LogP contribution is -2.30. The number of furan rings is 1. The maximum absolute atomic E-state index is 11.9. The number of aryl methyl sites for hydroxylation is 2. The molecule has 33 heavy (non-hydrogen) atoms. The van der Waals surface area contributed by atoms with Crippen molar-refractivity contribution in [3.05, 3.63) is 70.6 Å². The van der Waals surface area contributed by atoms with Crippen LogP contribution in [-0.4, -0.2) is 33.0 Å². The van der Waals surface area contributed by atoms with Crippen molar-refractivity contribution in [1.29, 1.82) is 0 Å². The Morgan fingerprint density at radius 3 is 2.79 bits per heavy atom. The van der Waals surface area contributed by atoms with E-state index in [-0.39, 0.29) is 0 Å². The fourth-order valence-electron chi connectivity index (χ4n) is 4.45. The van der Waals surface area contributed by atoms with Gasteiger partial charge in [0.05, 0.1) is 11.1 Å². The number of anilines is 1. The number of primary amides is 1. The first-order chi connectivity index (χ1) is 15.9. The number of amides is 1. The molecule has 0 radical (unpaired) electrons. The largest absolute Gasteiger partial charge is 0.488 e. The van der Waals surface area contributed by atoms with Crippen LogP contribution >= 0.6 is 0 Å². The smallest absolute Gasteiger partial charge is 0.460 e. The molecule has 1 aliphatic carbocycles. The van der Waals surface area contributed by atoms with Crippen molar-refractivity contribution in [2.24, 2.45) is 5.73 Å². The minimum absolute atomic E-state index is 0.326. The van der Waals surface area contributed by atoms with Crippen LogP contribution in [0.2, 0.25) is 0 Å². The van der Waals surface area contributed by atoms with Gasteiger partial charge in [0.25, 0.3) is 5.91 Å². The predicted octanol–water partition coefficient (Wildman–Crippen LogP) is 2.08. The molecule has 8 nitrogen and oxygen atoms in total. The van der Waals surface area contributed by atoms with Crippen LogP contribution in [0.1, 0.15) is 39.4 Å². The van der Waals surface area contributed by atoms with Crippen molar-refractivity contribution in [3.8, 4) is 11.4 Å². The molecular weight excluding hydrogens is 419 g/mol. The number of nitrogens with zero attached hydrogens (tertiary/aromatic N) is 2. The van der Waals surface area contributed by atoms with Crippen molar-refractivity contribution in [1.82, 2.24) is 9.97 Å². The van der Waals surface area contributed by atoms with Crippen LogP contribution in [0.25, 0.3) is 22.4 Å². The summed E-state index contributed by atoms with van der Waals surface area (Å²) in [5.41, 5.74) is 10.5. The van der Waals surface area contributed by atoms with Crippen LogP contribution in [0.3, 0.4) is 0 Å². The molecule has 2 aromatic heterocycles. The topological polar surface area (TPSA) is 134 Å². The zero-order chi connectivity index (χ0) is 23.1. The number of nitrogens with one attached hydrogen (secondary N) is 1. The Morgan fingerprint density at radius 2 is 2.00 bits per heavy atom. The van der Waals surface area contributed by atoms with Crippen LogP contribution in [0.4, 0.5) is 5.82 Å². The number of fused-ring (bicyclic) bond motifs is 2. The van der Waals surface area contributed by atoms with Gasteiger partial charge in [0.1, 0.15) is 17.2 Å². The molecule has 1 aliphatic rings. The maximum atomic E-state index is 11.9. The van der Waals surface area contributed by atoms with E-state index in [2.05, 4.69) is 5.32 Å². The molecule has 0 saturated carbocycles. The molecular formula is C24H23BN4O4. The Bertz CT molecular complexity index is 1380. The molecule has 0 unspecified atom stereocenters. The fraction of sp³-hybridized carbons (Fsp3) is 0.208. The van der Waals surface area contributed by atoms with E-state index >= 15 is 0 Å². The fourth-order valence-corrected chi connectivity index (χ4v) is 4.45. The van der Waals surface area contributed by atoms with E-state index in [1.165, 1.54) is 0 Å². The summed E-state index contributed by atoms with van der Waals surface area (Å²) in [5, 5.41) is 23.0. The highest BCUT2D eigenvalue weighted by Gasteiger charge is 2.24. The molecule has 0 aliphatic heterocycles. The second-order valence-electron chi connectivity index (χ2n) is 8.23. The van der Waals surface area contributed by atoms with E-state index in [0.29, 0.717) is 34.7 Å². The summed E-state index contributed by atoms with van der Waals surface area (Å²) in [6, 6.07) is 12.4. The maximum Gasteiger partial charge on any atom is 0.488 e. The third kappa shape index (κ3) is 3.86. The number of aromatic nitrogens is 2. The summed E-state index contributed by atoms with van der Waals surface area (Å²) >= 11 is 0. The molecule has 0 atom stereocenters. The Balaban J connectivity index is 1.56. The molecule has 166 valence electrons. The number of hydrogen-bond acceptors (Lipinski definition) is 7. The Hall–Kier alpha value is -3.69. The van der Waals surface area contributed by atoms with Gasteiger partial charge in [0, 0.05) is 23.2 Å². The minimum Gasteiger partial charge on any atom is -0.460 e. The summed E-state index contributed by atoms with van der Waals surface area (Å²) in [6.45, 7) is 2.30. The minimum atomic E-state index is -1.51. The molecule has 0 fully saturated rings. The first-order valence-electron chi connectivity index (χ1n) is 10.8. The zero-order valence-electron chi connectivity index (χ0n) is 18.1. The number of carbonyl (C=O) groups is 1. The average Bonchev–Trinajstić information content (AvgIpc) is 3.40. The number of rotatable bonds is 6. The van der Waals surface area contributed by atoms with Crippen molar-refractivity contribution < 1.29 is 19.3 Å². The summed E-state index contributed by atoms with van der Waals surface area (Å²) < 4.78 is 5.92. The lowest BCUT2D eigenvalue weighted by Gasteiger charge is -2.13. The summed E-state index contributed by atoms with van der Waals surface area (Å²) in [7, 11) is -1.51. The van der Waals surface area contributed by atoms with Gasteiger partial charge in [-0.3, -0.25) is 4.79 Å². The Morgan fingerprint density at radius 1 is 1.18 bits per heavy atom. The quantitative estimate of drug-likeness (QED) is 0.336. The average molecular weight is 442 g/mol. The van der Waals surface area contributed by atoms with Crippen LogP contribution in [0.5, 0.6) is 0 Å². The number of nitrogens with two attached hydrogens (primary N) is 1. The van der Waals surface area contributed by atoms with Crippen LogP contribution < -0.4 is 16.5 Å². The highest BCUT2D eigenvalue weighted by Crippen LogP contribution is 2.37. The van der Waals surface area contributed by atoms with Gasteiger partial charge in [-0.05, 0) is 43.3 Å². The molecule has 0 spiro atoms. The van der Waals surface area contributed by atoms with E-state index in [0.717, 1.165) is 52.9 Å². The van der Waals surface area contributed by atoms with Gasteiger partial charge < -0.3 is 25.5 Å². The molecule has 1 amide bonds. The lowest BCUT2D eigenvalue weighted by molar-refractivity contribution is 0.100. The van der Waals surface area contributed by atoms with E-state index < -0.39 is 13.0 Å². The molecule has 0 saturated heterocycles. The number of para-hydroxylation sites is 1. The number of benzene rings is 2. The van der Waals surface area contributed by atoms with Gasteiger partial charge in [-0.2, -0.15) is 0 Å². The van der Waals surface area contributed by atoms with Gasteiger partial charge in [-0.25, -0.2) is 9.97 Å². The van der Waals surface area contributed by atoms with E-state index in [4.69, 9.17) is 20.1 Å². The van der Waals surface area contributed by atoms with Gasteiger partial charge in [-0.15, -0.1) is 0 Å². The standard InChI is InChI=1S/C24H23BN4O4/c1-13-20(17-8-3-9-18(22(26)30)21(17)33-13)24-28-19-10-4-7-16(19)23(29-24)27-12-14-5-2-6-15(11-14)25(31)32/h2-3,5-6,8-9,11,31-32H,4,7,10,12H2,1H3,(H2,26,30)(H,27,28,29). The normalized spacial score (nSPS) is 12.7. The zero-order valence-corrected chi connectivity index (χ0v) is 18.1. The van der Waals surface area contributed by atoms with E-state index in [1.807, 2.05) is 19.1 Å². The molecule has 9 heteroatoms. The molecule has 5 N–H and O–H groups in total. The second-order valence-corrected chi connectivity index (χ2v) is 8.23. The van der Waals surface area contributed by atoms with Crippen molar-refractivity contribution in [2.75, 3.05) is 5.32 Å². The van der Waals surface area contributed by atoms with Crippen molar-refractivity contribution >= 4 is 35.3 Å². The van der Waals surface area contributed by atoms with Gasteiger partial charge in [0.2, 0.25) is 0 Å². The monoisotopic (exact) mass is 442 g/mol. The van der Waals surface area contributed by atoms with Gasteiger partial charge >= 0.3 is 7.12 Å². The van der Waals surface area contributed by atoms with Gasteiger partial charge in [0.15, 0.2) is 5.82 Å². The highest BCUT2D eigenvalue weighted by molar-refractivity contribution is 6.58. The SMILES string of the molecule is Cc1oc2c(C(N)=O)cccc2c1-c1nc2c(c(NCc3cccc(B(O)O)c3)n1)CCC2. The molecule has 2 heterocycles. The Kier molecular flexibility index (Phi) is 5.35. The van der Waals surface area contributed by atoms with E-state index in [9.17, 15) is 14.8 Å². The lowest BCUT2D eigenvalue weighted by atomic mass is 9.79. The van der Waals surface area contributed by atoms with Crippen LogP contribution in [0.15, 0.2) is 46.9 Å². The third-order valence-electron chi connectivity index (χ3n) is 6.02. The molecule has 0 bridgehead atoms. The van der Waals surface area contributed by atoms with Crippen molar-refractivity contribution in [3.63, 3.8) is 0 Å². The second kappa shape index (κ2) is 8.34. The van der Waals surface area contributed by atoms with Crippen LogP contribution in [-0.2, 0) is 19.4 Å². The summed E-state index contributed by atoms with van der Waals surface area (Å²) in [6.07, 6.45) is 2.77. The first kappa shape index (κ1) is 21.2. The first-order valence-corrected chi connectivity index (χ1v) is 10.8. The highest BCUT2D eigenvalue weighted by atomic mass is 16.4. The van der Waals surface area contributed by atoms with Gasteiger partial charge in [-0.1, -0.05) is 36.4 Å². The van der Waals surface area contributed by atoms with Crippen molar-refractivity contribution in [2.45, 2.75) is 32.7 Å². The summed E-state index contributed by atoms with van der Waals surface area (Å²) in [4.78, 5) is 21.5. The molecule has 5 rings (SSSR count). The third-order valence-corrected chi connectivity index (χ3v) is 6.02. The van der Waals surface area contributed by atoms with Crippen LogP contribution in [0, 0.1) is 6.92 Å². The molecule has 4 aromatic rings. The van der Waals surface area contributed by atoms with E-state index in [1.54, 1.807) is 30.3 Å². The number of hydrogen-bond donors (Lipinski definition) is 4. The predicted molar refractivity (Wildman–Crippen MR) is 126 cm³/mol. The number of carbonyl (C=O) groups excluding carboxylic acids is 1. The molecule has 2 aromatic carbocycles.